The first-order valence-corrected chi connectivity index (χ1v) is 13.3. The molecule has 0 fully saturated rings. The molecule has 0 amide bonds. The van der Waals surface area contributed by atoms with Crippen LogP contribution in [0, 0.1) is 11.6 Å². The van der Waals surface area contributed by atoms with E-state index in [0.29, 0.717) is 33.4 Å². The third-order valence-corrected chi connectivity index (χ3v) is 6.47. The van der Waals surface area contributed by atoms with Crippen LogP contribution in [-0.2, 0) is 16.6 Å². The lowest BCUT2D eigenvalue weighted by atomic mass is 10.0. The molecule has 4 aromatic heterocycles. The number of halogens is 2. The minimum atomic E-state index is -3.47. The molecule has 198 valence electrons. The number of fused-ring (bicyclic) bond motifs is 2. The average molecular weight is 550 g/mol. The van der Waals surface area contributed by atoms with Gasteiger partial charge >= 0.3 is 0 Å². The largest absolute Gasteiger partial charge is 0.335 e. The number of sulfonamides is 1. The van der Waals surface area contributed by atoms with Gasteiger partial charge in [0.2, 0.25) is 10.0 Å². The van der Waals surface area contributed by atoms with Gasteiger partial charge in [-0.2, -0.15) is 5.10 Å². The highest BCUT2D eigenvalue weighted by Crippen LogP contribution is 2.33. The average Bonchev–Trinajstić information content (AvgIpc) is 3.51. The summed E-state index contributed by atoms with van der Waals surface area (Å²) in [7, 11) is -3.47. The topological polar surface area (TPSA) is 154 Å². The SMILES string of the molecule is C=NC=N/C=C(\C)c1cnc2n[nH]c(-c3nc4nccc(-c5cc(F)cc(CNS(C)(=O)=O)c5)c4[nH]3)c2c1F. The van der Waals surface area contributed by atoms with Crippen LogP contribution in [0.2, 0.25) is 0 Å². The molecule has 0 radical (unpaired) electrons. The Morgan fingerprint density at radius 2 is 2.03 bits per heavy atom. The van der Waals surface area contributed by atoms with E-state index in [1.807, 2.05) is 0 Å². The maximum atomic E-state index is 15.7. The third kappa shape index (κ3) is 5.32. The minimum absolute atomic E-state index is 0.0793. The predicted octanol–water partition coefficient (Wildman–Crippen LogP) is 3.98. The number of aromatic amines is 2. The van der Waals surface area contributed by atoms with E-state index >= 15 is 4.39 Å². The molecule has 0 unspecified atom stereocenters. The van der Waals surface area contributed by atoms with Crippen LogP contribution in [0.15, 0.2) is 52.8 Å². The number of aromatic nitrogens is 6. The van der Waals surface area contributed by atoms with E-state index in [-0.39, 0.29) is 34.7 Å². The molecule has 0 spiro atoms. The summed E-state index contributed by atoms with van der Waals surface area (Å²) in [4.78, 5) is 23.6. The van der Waals surface area contributed by atoms with Crippen molar-refractivity contribution in [3.05, 3.63) is 65.6 Å². The summed E-state index contributed by atoms with van der Waals surface area (Å²) in [5.74, 6) is -0.864. The molecule has 0 saturated carbocycles. The van der Waals surface area contributed by atoms with Crippen molar-refractivity contribution in [3.8, 4) is 22.6 Å². The lowest BCUT2D eigenvalue weighted by Crippen LogP contribution is -2.21. The molecular weight excluding hydrogens is 528 g/mol. The molecule has 4 heterocycles. The molecular formula is C25H21F2N9O2S. The fraction of sp³-hybridized carbons (Fsp3) is 0.120. The van der Waals surface area contributed by atoms with Crippen LogP contribution in [0.25, 0.3) is 50.4 Å². The van der Waals surface area contributed by atoms with E-state index in [1.54, 1.807) is 19.1 Å². The number of aliphatic imine (C=N–C) groups is 2. The first kappa shape index (κ1) is 25.9. The van der Waals surface area contributed by atoms with Crippen LogP contribution >= 0.6 is 0 Å². The van der Waals surface area contributed by atoms with E-state index in [1.165, 1.54) is 37.1 Å². The van der Waals surface area contributed by atoms with Crippen LogP contribution in [0.4, 0.5) is 8.78 Å². The Labute approximate surface area is 220 Å². The molecule has 0 aliphatic heterocycles. The minimum Gasteiger partial charge on any atom is -0.335 e. The number of hydrogen-bond donors (Lipinski definition) is 3. The predicted molar refractivity (Wildman–Crippen MR) is 145 cm³/mol. The summed E-state index contributed by atoms with van der Waals surface area (Å²) in [6.07, 6.45) is 6.58. The molecule has 5 rings (SSSR count). The maximum absolute atomic E-state index is 15.7. The second kappa shape index (κ2) is 10.2. The molecule has 1 aromatic carbocycles. The number of H-pyrrole nitrogens is 2. The molecule has 5 aromatic rings. The van der Waals surface area contributed by atoms with Gasteiger partial charge in [-0.3, -0.25) is 10.1 Å². The van der Waals surface area contributed by atoms with Crippen molar-refractivity contribution in [2.24, 2.45) is 9.98 Å². The zero-order valence-corrected chi connectivity index (χ0v) is 21.5. The number of imidazole rings is 1. The number of allylic oxidation sites excluding steroid dienone is 1. The van der Waals surface area contributed by atoms with Crippen molar-refractivity contribution in [3.63, 3.8) is 0 Å². The third-order valence-electron chi connectivity index (χ3n) is 5.80. The summed E-state index contributed by atoms with van der Waals surface area (Å²) in [5, 5.41) is 7.02. The first-order chi connectivity index (χ1) is 18.6. The van der Waals surface area contributed by atoms with Crippen molar-refractivity contribution in [2.45, 2.75) is 13.5 Å². The van der Waals surface area contributed by atoms with Crippen molar-refractivity contribution >= 4 is 50.8 Å². The Bertz CT molecular complexity index is 1910. The molecule has 3 N–H and O–H groups in total. The first-order valence-electron chi connectivity index (χ1n) is 11.4. The van der Waals surface area contributed by atoms with Gasteiger partial charge < -0.3 is 4.98 Å². The van der Waals surface area contributed by atoms with Crippen molar-refractivity contribution in [2.75, 3.05) is 6.26 Å². The van der Waals surface area contributed by atoms with Gasteiger partial charge in [-0.05, 0) is 54.6 Å². The number of benzene rings is 1. The molecule has 0 bridgehead atoms. The van der Waals surface area contributed by atoms with Crippen LogP contribution in [0.5, 0.6) is 0 Å². The van der Waals surface area contributed by atoms with Crippen LogP contribution < -0.4 is 4.72 Å². The lowest BCUT2D eigenvalue weighted by molar-refractivity contribution is 0.586. The van der Waals surface area contributed by atoms with Crippen LogP contribution in [0.1, 0.15) is 18.1 Å². The second-order valence-electron chi connectivity index (χ2n) is 8.63. The maximum Gasteiger partial charge on any atom is 0.209 e. The Hall–Kier alpha value is -4.69. The zero-order valence-electron chi connectivity index (χ0n) is 20.7. The highest BCUT2D eigenvalue weighted by atomic mass is 32.2. The highest BCUT2D eigenvalue weighted by molar-refractivity contribution is 7.88. The van der Waals surface area contributed by atoms with Gasteiger partial charge in [0.25, 0.3) is 0 Å². The molecule has 11 nitrogen and oxygen atoms in total. The Morgan fingerprint density at radius 1 is 1.21 bits per heavy atom. The second-order valence-corrected chi connectivity index (χ2v) is 10.5. The monoisotopic (exact) mass is 549 g/mol. The molecule has 0 atom stereocenters. The molecule has 39 heavy (non-hydrogen) atoms. The number of nitrogens with zero attached hydrogens (tertiary/aromatic N) is 6. The summed E-state index contributed by atoms with van der Waals surface area (Å²) in [6.45, 7) is 4.91. The lowest BCUT2D eigenvalue weighted by Gasteiger charge is -2.08. The van der Waals surface area contributed by atoms with Crippen molar-refractivity contribution in [1.82, 2.24) is 34.9 Å². The van der Waals surface area contributed by atoms with Crippen LogP contribution in [0.3, 0.4) is 0 Å². The number of pyridine rings is 2. The zero-order chi connectivity index (χ0) is 27.7. The number of hydrogen-bond acceptors (Lipinski definition) is 7. The van der Waals surface area contributed by atoms with E-state index in [4.69, 9.17) is 0 Å². The fourth-order valence-corrected chi connectivity index (χ4v) is 4.48. The Morgan fingerprint density at radius 3 is 2.79 bits per heavy atom. The van der Waals surface area contributed by atoms with E-state index in [0.717, 1.165) is 6.26 Å². The van der Waals surface area contributed by atoms with Crippen LogP contribution in [-0.4, -0.2) is 57.9 Å². The summed E-state index contributed by atoms with van der Waals surface area (Å²) < 4.78 is 55.5. The van der Waals surface area contributed by atoms with Gasteiger partial charge in [-0.25, -0.2) is 41.9 Å². The van der Waals surface area contributed by atoms with Crippen molar-refractivity contribution < 1.29 is 17.2 Å². The standard InChI is InChI=1S/C25H21F2N9O2S/c1-13(9-29-12-28-2)18-11-31-23-19(20(18)27)22(35-36-23)25-33-21-17(4-5-30-24(21)34-25)15-6-14(7-16(26)8-15)10-32-39(3,37)38/h4-9,11-12,32H,2,10H2,1,3H3,(H,30,33,34)(H,31,35,36)/b13-9+,29-12?. The normalized spacial score (nSPS) is 12.7. The molecule has 14 heteroatoms. The van der Waals surface area contributed by atoms with Gasteiger partial charge in [-0.1, -0.05) is 0 Å². The fourth-order valence-electron chi connectivity index (χ4n) is 4.05. The van der Waals surface area contributed by atoms with E-state index in [9.17, 15) is 12.8 Å². The van der Waals surface area contributed by atoms with Crippen molar-refractivity contribution in [1.29, 1.82) is 0 Å². The smallest absolute Gasteiger partial charge is 0.209 e. The van der Waals surface area contributed by atoms with Gasteiger partial charge in [-0.15, -0.1) is 0 Å². The number of nitrogens with one attached hydrogen (secondary N) is 3. The highest BCUT2D eigenvalue weighted by Gasteiger charge is 2.21. The van der Waals surface area contributed by atoms with Gasteiger partial charge in [0.15, 0.2) is 17.1 Å². The summed E-state index contributed by atoms with van der Waals surface area (Å²) >= 11 is 0. The summed E-state index contributed by atoms with van der Waals surface area (Å²) in [6, 6.07) is 5.90. The van der Waals surface area contributed by atoms with E-state index in [2.05, 4.69) is 51.6 Å². The number of rotatable bonds is 8. The van der Waals surface area contributed by atoms with Gasteiger partial charge in [0.1, 0.15) is 23.7 Å². The summed E-state index contributed by atoms with van der Waals surface area (Å²) in [5.41, 5.74) is 3.37. The van der Waals surface area contributed by atoms with E-state index < -0.39 is 21.7 Å². The quantitative estimate of drug-likeness (QED) is 0.197. The molecule has 0 saturated heterocycles. The molecule has 0 aliphatic rings. The van der Waals surface area contributed by atoms with Gasteiger partial charge in [0, 0.05) is 36.3 Å². The molecule has 0 aliphatic carbocycles. The van der Waals surface area contributed by atoms with Gasteiger partial charge in [0.05, 0.1) is 17.2 Å². The Balaban J connectivity index is 1.60. The Kier molecular flexibility index (Phi) is 6.80.